The van der Waals surface area contributed by atoms with Gasteiger partial charge in [0.25, 0.3) is 0 Å². The number of ether oxygens (including phenoxy) is 5. The summed E-state index contributed by atoms with van der Waals surface area (Å²) in [5.41, 5.74) is 5.00. The van der Waals surface area contributed by atoms with E-state index in [-0.39, 0.29) is 17.6 Å². The normalized spacial score (nSPS) is 23.8. The molecule has 6 rings (SSSR count). The van der Waals surface area contributed by atoms with Crippen molar-refractivity contribution in [3.8, 4) is 0 Å². The number of hydrogen-bond donors (Lipinski definition) is 0. The fourth-order valence-electron chi connectivity index (χ4n) is 5.34. The van der Waals surface area contributed by atoms with Crippen molar-refractivity contribution < 1.29 is 23.7 Å². The molecule has 5 nitrogen and oxygen atoms in total. The van der Waals surface area contributed by atoms with Crippen LogP contribution in [0.15, 0.2) is 127 Å². The molecule has 5 atom stereocenters. The quantitative estimate of drug-likeness (QED) is 0.196. The second kappa shape index (κ2) is 14.3. The summed E-state index contributed by atoms with van der Waals surface area (Å²) in [6, 6.07) is 38.9. The summed E-state index contributed by atoms with van der Waals surface area (Å²) in [6.45, 7) is 6.41. The van der Waals surface area contributed by atoms with Crippen LogP contribution in [-0.4, -0.2) is 43.1 Å². The summed E-state index contributed by atoms with van der Waals surface area (Å²) in [5, 5.41) is 0. The fourth-order valence-corrected chi connectivity index (χ4v) is 6.65. The van der Waals surface area contributed by atoms with Crippen LogP contribution in [0.3, 0.4) is 0 Å². The molecule has 4 aromatic carbocycles. The molecule has 1 saturated heterocycles. The monoisotopic (exact) mass is 580 g/mol. The van der Waals surface area contributed by atoms with Gasteiger partial charge in [-0.05, 0) is 33.9 Å². The predicted octanol–water partition coefficient (Wildman–Crippen LogP) is 7.30. The first-order valence-corrected chi connectivity index (χ1v) is 15.3. The number of fused-ring (bicyclic) bond motifs is 2. The van der Waals surface area contributed by atoms with Crippen LogP contribution in [-0.2, 0) is 43.5 Å². The highest BCUT2D eigenvalue weighted by Gasteiger charge is 2.49. The Morgan fingerprint density at radius 3 is 1.86 bits per heavy atom. The van der Waals surface area contributed by atoms with Gasteiger partial charge >= 0.3 is 0 Å². The van der Waals surface area contributed by atoms with E-state index in [0.29, 0.717) is 33.0 Å². The molecule has 0 radical (unpaired) electrons. The number of thioether (sulfide) groups is 1. The van der Waals surface area contributed by atoms with Gasteiger partial charge in [0, 0.05) is 4.90 Å². The van der Waals surface area contributed by atoms with E-state index in [9.17, 15) is 0 Å². The smallest absolute Gasteiger partial charge is 0.137 e. The minimum Gasteiger partial charge on any atom is -0.374 e. The zero-order valence-electron chi connectivity index (χ0n) is 23.5. The Kier molecular flexibility index (Phi) is 9.83. The molecule has 1 fully saturated rings. The van der Waals surface area contributed by atoms with Crippen molar-refractivity contribution >= 4 is 17.3 Å². The van der Waals surface area contributed by atoms with Crippen molar-refractivity contribution in [1.29, 1.82) is 0 Å². The van der Waals surface area contributed by atoms with Gasteiger partial charge in [0.2, 0.25) is 0 Å². The van der Waals surface area contributed by atoms with Gasteiger partial charge in [0.15, 0.2) is 0 Å². The van der Waals surface area contributed by atoms with Gasteiger partial charge in [-0.1, -0.05) is 128 Å². The molecule has 0 aromatic heterocycles. The van der Waals surface area contributed by atoms with Crippen LogP contribution in [0, 0.1) is 0 Å². The Hall–Kier alpha value is -3.23. The molecule has 6 heteroatoms. The van der Waals surface area contributed by atoms with Crippen LogP contribution in [0.1, 0.15) is 22.3 Å². The third-order valence-electron chi connectivity index (χ3n) is 7.52. The molecule has 2 aliphatic heterocycles. The maximum atomic E-state index is 6.82. The van der Waals surface area contributed by atoms with Gasteiger partial charge < -0.3 is 23.7 Å². The molecule has 0 saturated carbocycles. The van der Waals surface area contributed by atoms with E-state index in [1.54, 1.807) is 11.8 Å². The standard InChI is InChI=1S/C36H36O5S/c1-26-21-38-35-34(40-24-29-17-9-4-10-18-29)33(39-23-28-15-7-3-8-16-28)31(25-37-22-27-13-5-2-6-14-27)41-36(35)42-32-20-12-11-19-30(26)32/h2-20,31,33-36H,1,21-25H2/t31-,33-,34+,35-,36-/m1/s1. The molecule has 0 aliphatic carbocycles. The van der Waals surface area contributed by atoms with Crippen molar-refractivity contribution in [3.05, 3.63) is 144 Å². The Bertz CT molecular complexity index is 1410. The van der Waals surface area contributed by atoms with E-state index in [2.05, 4.69) is 61.2 Å². The van der Waals surface area contributed by atoms with E-state index >= 15 is 0 Å². The fraction of sp³-hybridized carbons (Fsp3) is 0.278. The summed E-state index contributed by atoms with van der Waals surface area (Å²) in [7, 11) is 0. The second-order valence-electron chi connectivity index (χ2n) is 10.6. The van der Waals surface area contributed by atoms with Crippen molar-refractivity contribution in [3.63, 3.8) is 0 Å². The number of benzene rings is 4. The van der Waals surface area contributed by atoms with Crippen LogP contribution in [0.5, 0.6) is 0 Å². The van der Waals surface area contributed by atoms with Crippen LogP contribution in [0.2, 0.25) is 0 Å². The summed E-state index contributed by atoms with van der Waals surface area (Å²) >= 11 is 1.66. The van der Waals surface area contributed by atoms with E-state index < -0.39 is 12.2 Å². The lowest BCUT2D eigenvalue weighted by Crippen LogP contribution is -2.60. The molecule has 2 heterocycles. The summed E-state index contributed by atoms with van der Waals surface area (Å²) < 4.78 is 33.0. The first-order valence-electron chi connectivity index (χ1n) is 14.4. The van der Waals surface area contributed by atoms with Gasteiger partial charge in [0.1, 0.15) is 29.9 Å². The van der Waals surface area contributed by atoms with Crippen molar-refractivity contribution in [2.24, 2.45) is 0 Å². The first-order chi connectivity index (χ1) is 20.7. The lowest BCUT2D eigenvalue weighted by Gasteiger charge is -2.46. The van der Waals surface area contributed by atoms with Gasteiger partial charge in [-0.15, -0.1) is 0 Å². The Balaban J connectivity index is 1.29. The number of hydrogen-bond acceptors (Lipinski definition) is 6. The van der Waals surface area contributed by atoms with Crippen molar-refractivity contribution in [1.82, 2.24) is 0 Å². The van der Waals surface area contributed by atoms with Crippen molar-refractivity contribution in [2.45, 2.75) is 54.6 Å². The SMILES string of the molecule is C=C1CO[C@@H]2[C@@H](OCc3ccccc3)[C@H](OCc3ccccc3)[C@@H](COCc3ccccc3)O[C@@H]2Sc2ccccc21. The Morgan fingerprint density at radius 2 is 1.21 bits per heavy atom. The topological polar surface area (TPSA) is 46.2 Å². The van der Waals surface area contributed by atoms with Gasteiger partial charge in [0.05, 0.1) is 33.0 Å². The van der Waals surface area contributed by atoms with E-state index in [1.165, 1.54) is 0 Å². The second-order valence-corrected chi connectivity index (χ2v) is 11.7. The minimum atomic E-state index is -0.422. The first kappa shape index (κ1) is 28.9. The molecule has 0 amide bonds. The molecule has 0 bridgehead atoms. The lowest BCUT2D eigenvalue weighted by atomic mass is 9.98. The van der Waals surface area contributed by atoms with Gasteiger partial charge in [-0.3, -0.25) is 0 Å². The van der Waals surface area contributed by atoms with E-state index in [4.69, 9.17) is 23.7 Å². The zero-order valence-corrected chi connectivity index (χ0v) is 24.4. The van der Waals surface area contributed by atoms with E-state index in [1.807, 2.05) is 60.7 Å². The van der Waals surface area contributed by atoms with Crippen LogP contribution < -0.4 is 0 Å². The maximum Gasteiger partial charge on any atom is 0.137 e. The summed E-state index contributed by atoms with van der Waals surface area (Å²) in [6.07, 6.45) is -1.57. The predicted molar refractivity (Wildman–Crippen MR) is 166 cm³/mol. The highest BCUT2D eigenvalue weighted by atomic mass is 32.2. The zero-order chi connectivity index (χ0) is 28.6. The Labute approximate surface area is 252 Å². The Morgan fingerprint density at radius 1 is 0.667 bits per heavy atom. The molecule has 0 unspecified atom stereocenters. The summed E-state index contributed by atoms with van der Waals surface area (Å²) in [5.74, 6) is 0. The molecule has 2 aliphatic rings. The molecule has 0 spiro atoms. The van der Waals surface area contributed by atoms with Crippen LogP contribution in [0.25, 0.3) is 5.57 Å². The van der Waals surface area contributed by atoms with Crippen LogP contribution in [0.4, 0.5) is 0 Å². The number of rotatable bonds is 10. The highest BCUT2D eigenvalue weighted by Crippen LogP contribution is 2.42. The molecule has 42 heavy (non-hydrogen) atoms. The molecule has 0 N–H and O–H groups in total. The van der Waals surface area contributed by atoms with Gasteiger partial charge in [-0.25, -0.2) is 0 Å². The molecule has 216 valence electrons. The molecular weight excluding hydrogens is 544 g/mol. The largest absolute Gasteiger partial charge is 0.374 e. The average molecular weight is 581 g/mol. The molecule has 4 aromatic rings. The summed E-state index contributed by atoms with van der Waals surface area (Å²) in [4.78, 5) is 1.12. The van der Waals surface area contributed by atoms with Crippen molar-refractivity contribution in [2.75, 3.05) is 13.2 Å². The average Bonchev–Trinajstić information content (AvgIpc) is 3.03. The molecular formula is C36H36O5S. The van der Waals surface area contributed by atoms with E-state index in [0.717, 1.165) is 32.7 Å². The highest BCUT2D eigenvalue weighted by molar-refractivity contribution is 8.00. The minimum absolute atomic E-state index is 0.318. The third kappa shape index (κ3) is 7.21. The van der Waals surface area contributed by atoms with Gasteiger partial charge in [-0.2, -0.15) is 0 Å². The third-order valence-corrected chi connectivity index (χ3v) is 8.74. The maximum absolute atomic E-state index is 6.82. The lowest BCUT2D eigenvalue weighted by molar-refractivity contribution is -0.250. The van der Waals surface area contributed by atoms with Crippen LogP contribution >= 0.6 is 11.8 Å².